The fraction of sp³-hybridized carbons (Fsp3) is 0.385. The van der Waals surface area contributed by atoms with Crippen LogP contribution < -0.4 is 10.2 Å². The molecule has 1 aromatic rings. The second-order valence-electron chi connectivity index (χ2n) is 4.14. The van der Waals surface area contributed by atoms with Crippen LogP contribution in [0.3, 0.4) is 0 Å². The number of rotatable bonds is 4. The van der Waals surface area contributed by atoms with Crippen molar-refractivity contribution in [3.05, 3.63) is 29.8 Å². The summed E-state index contributed by atoms with van der Waals surface area (Å²) in [7, 11) is 1.19. The van der Waals surface area contributed by atoms with E-state index in [1.807, 2.05) is 0 Å². The molecule has 5 nitrogen and oxygen atoms in total. The van der Waals surface area contributed by atoms with Crippen molar-refractivity contribution in [2.24, 2.45) is 0 Å². The van der Waals surface area contributed by atoms with Crippen LogP contribution in [0, 0.1) is 0 Å². The molecule has 0 saturated heterocycles. The predicted octanol–water partition coefficient (Wildman–Crippen LogP) is 2.41. The summed E-state index contributed by atoms with van der Waals surface area (Å²) in [5.41, 5.74) is -0.726. The quantitative estimate of drug-likeness (QED) is 0.929. The Morgan fingerprint density at radius 2 is 2.00 bits per heavy atom. The minimum Gasteiger partial charge on any atom is -0.453 e. The lowest BCUT2D eigenvalue weighted by Crippen LogP contribution is -2.37. The van der Waals surface area contributed by atoms with E-state index in [0.717, 1.165) is 17.0 Å². The van der Waals surface area contributed by atoms with Crippen LogP contribution in [0.5, 0.6) is 0 Å². The molecule has 1 aromatic carbocycles. The maximum Gasteiger partial charge on any atom is 0.416 e. The highest BCUT2D eigenvalue weighted by atomic mass is 19.4. The highest BCUT2D eigenvalue weighted by Crippen LogP contribution is 2.31. The Bertz CT molecular complexity index is 518. The number of nitrogens with zero attached hydrogens (tertiary/aromatic N) is 1. The normalized spacial score (nSPS) is 10.9. The van der Waals surface area contributed by atoms with E-state index in [1.54, 1.807) is 0 Å². The first-order valence-corrected chi connectivity index (χ1v) is 6.03. The van der Waals surface area contributed by atoms with Crippen molar-refractivity contribution in [2.75, 3.05) is 25.1 Å². The Kier molecular flexibility index (Phi) is 5.57. The number of ether oxygens (including phenoxy) is 1. The zero-order valence-corrected chi connectivity index (χ0v) is 11.5. The number of halogens is 3. The van der Waals surface area contributed by atoms with Gasteiger partial charge in [0.1, 0.15) is 0 Å². The highest BCUT2D eigenvalue weighted by molar-refractivity contribution is 5.91. The number of hydrogen-bond acceptors (Lipinski definition) is 3. The third-order valence-electron chi connectivity index (χ3n) is 2.66. The van der Waals surface area contributed by atoms with Gasteiger partial charge in [0.05, 0.1) is 12.7 Å². The van der Waals surface area contributed by atoms with Crippen LogP contribution in [0.25, 0.3) is 0 Å². The van der Waals surface area contributed by atoms with Gasteiger partial charge in [0, 0.05) is 25.7 Å². The number of benzene rings is 1. The first-order chi connectivity index (χ1) is 9.75. The summed E-state index contributed by atoms with van der Waals surface area (Å²) in [5.74, 6) is -0.430. The molecule has 0 aliphatic rings. The summed E-state index contributed by atoms with van der Waals surface area (Å²) in [4.78, 5) is 23.6. The van der Waals surface area contributed by atoms with E-state index < -0.39 is 23.7 Å². The van der Waals surface area contributed by atoms with Crippen molar-refractivity contribution in [1.29, 1.82) is 0 Å². The Labute approximate surface area is 119 Å². The van der Waals surface area contributed by atoms with Gasteiger partial charge in [-0.2, -0.15) is 13.2 Å². The lowest BCUT2D eigenvalue weighted by Gasteiger charge is -2.22. The number of hydrogen-bond donors (Lipinski definition) is 1. The lowest BCUT2D eigenvalue weighted by atomic mass is 10.2. The van der Waals surface area contributed by atoms with Crippen LogP contribution in [0.1, 0.15) is 12.5 Å². The molecule has 0 spiro atoms. The molecule has 8 heteroatoms. The van der Waals surface area contributed by atoms with Crippen molar-refractivity contribution in [3.63, 3.8) is 0 Å². The molecule has 0 aliphatic heterocycles. The summed E-state index contributed by atoms with van der Waals surface area (Å²) >= 11 is 0. The number of alkyl halides is 3. The van der Waals surface area contributed by atoms with E-state index in [2.05, 4.69) is 10.1 Å². The Morgan fingerprint density at radius 1 is 1.33 bits per heavy atom. The third-order valence-corrected chi connectivity index (χ3v) is 2.66. The number of methoxy groups -OCH3 is 1. The molecule has 0 heterocycles. The molecular formula is C13H15F3N2O3. The molecule has 116 valence electrons. The van der Waals surface area contributed by atoms with E-state index >= 15 is 0 Å². The average molecular weight is 304 g/mol. The molecule has 1 rings (SSSR count). The van der Waals surface area contributed by atoms with Gasteiger partial charge < -0.3 is 15.0 Å². The van der Waals surface area contributed by atoms with Crippen molar-refractivity contribution >= 4 is 17.7 Å². The summed E-state index contributed by atoms with van der Waals surface area (Å²) in [6.45, 7) is 1.33. The molecule has 0 fully saturated rings. The van der Waals surface area contributed by atoms with Gasteiger partial charge in [0.15, 0.2) is 0 Å². The molecule has 21 heavy (non-hydrogen) atoms. The van der Waals surface area contributed by atoms with Crippen LogP contribution in [-0.4, -0.2) is 32.2 Å². The molecule has 0 aliphatic carbocycles. The van der Waals surface area contributed by atoms with Crippen molar-refractivity contribution < 1.29 is 27.5 Å². The molecule has 0 unspecified atom stereocenters. The zero-order valence-electron chi connectivity index (χ0n) is 11.5. The SMILES string of the molecule is COC(=O)NCCN(C(C)=O)c1cccc(C(F)(F)F)c1. The number of amides is 2. The standard InChI is InChI=1S/C13H15F3N2O3/c1-9(19)18(7-6-17-12(20)21-2)11-5-3-4-10(8-11)13(14,15)16/h3-5,8H,6-7H2,1-2H3,(H,17,20). The summed E-state index contributed by atoms with van der Waals surface area (Å²) < 4.78 is 42.3. The predicted molar refractivity (Wildman–Crippen MR) is 69.9 cm³/mol. The summed E-state index contributed by atoms with van der Waals surface area (Å²) in [5, 5.41) is 2.36. The first-order valence-electron chi connectivity index (χ1n) is 6.03. The van der Waals surface area contributed by atoms with Gasteiger partial charge in [0.2, 0.25) is 5.91 Å². The van der Waals surface area contributed by atoms with Crippen LogP contribution in [0.15, 0.2) is 24.3 Å². The summed E-state index contributed by atoms with van der Waals surface area (Å²) in [6.07, 6.45) is -5.16. The minimum atomic E-state index is -4.48. The number of nitrogens with one attached hydrogen (secondary N) is 1. The zero-order chi connectivity index (χ0) is 16.0. The molecule has 0 bridgehead atoms. The van der Waals surface area contributed by atoms with Gasteiger partial charge in [-0.3, -0.25) is 4.79 Å². The van der Waals surface area contributed by atoms with Gasteiger partial charge in [-0.25, -0.2) is 4.79 Å². The second-order valence-corrected chi connectivity index (χ2v) is 4.14. The third kappa shape index (κ3) is 4.97. The Hall–Kier alpha value is -2.25. The molecular weight excluding hydrogens is 289 g/mol. The van der Waals surface area contributed by atoms with Crippen molar-refractivity contribution in [1.82, 2.24) is 5.32 Å². The molecule has 1 N–H and O–H groups in total. The summed E-state index contributed by atoms with van der Waals surface area (Å²) in [6, 6.07) is 4.44. The lowest BCUT2D eigenvalue weighted by molar-refractivity contribution is -0.137. The second kappa shape index (κ2) is 6.96. The Balaban J connectivity index is 2.86. The van der Waals surface area contributed by atoms with E-state index in [9.17, 15) is 22.8 Å². The molecule has 0 atom stereocenters. The fourth-order valence-corrected chi connectivity index (χ4v) is 1.66. The average Bonchev–Trinajstić information content (AvgIpc) is 2.42. The first kappa shape index (κ1) is 16.8. The van der Waals surface area contributed by atoms with E-state index in [0.29, 0.717) is 0 Å². The topological polar surface area (TPSA) is 58.6 Å². The van der Waals surface area contributed by atoms with Crippen molar-refractivity contribution in [3.8, 4) is 0 Å². The van der Waals surface area contributed by atoms with Gasteiger partial charge in [-0.05, 0) is 18.2 Å². The van der Waals surface area contributed by atoms with Crippen LogP contribution in [0.4, 0.5) is 23.7 Å². The van der Waals surface area contributed by atoms with E-state index in [1.165, 1.54) is 26.2 Å². The minimum absolute atomic E-state index is 0.0335. The number of carbonyl (C=O) groups is 2. The maximum atomic E-state index is 12.7. The molecule has 0 saturated carbocycles. The van der Waals surface area contributed by atoms with Gasteiger partial charge >= 0.3 is 12.3 Å². The molecule has 0 radical (unpaired) electrons. The fourth-order valence-electron chi connectivity index (χ4n) is 1.66. The Morgan fingerprint density at radius 3 is 2.52 bits per heavy atom. The van der Waals surface area contributed by atoms with Crippen LogP contribution in [0.2, 0.25) is 0 Å². The largest absolute Gasteiger partial charge is 0.453 e. The molecule has 2 amide bonds. The molecule has 0 aromatic heterocycles. The highest BCUT2D eigenvalue weighted by Gasteiger charge is 2.31. The monoisotopic (exact) mass is 304 g/mol. The van der Waals surface area contributed by atoms with Gasteiger partial charge in [0.25, 0.3) is 0 Å². The number of anilines is 1. The van der Waals surface area contributed by atoms with E-state index in [-0.39, 0.29) is 18.8 Å². The van der Waals surface area contributed by atoms with Crippen molar-refractivity contribution in [2.45, 2.75) is 13.1 Å². The maximum absolute atomic E-state index is 12.7. The van der Waals surface area contributed by atoms with Gasteiger partial charge in [-0.1, -0.05) is 6.07 Å². The number of alkyl carbamates (subject to hydrolysis) is 1. The van der Waals surface area contributed by atoms with E-state index in [4.69, 9.17) is 0 Å². The van der Waals surface area contributed by atoms with Crippen LogP contribution >= 0.6 is 0 Å². The van der Waals surface area contributed by atoms with Gasteiger partial charge in [-0.15, -0.1) is 0 Å². The van der Waals surface area contributed by atoms with Crippen LogP contribution in [-0.2, 0) is 15.7 Å². The number of carbonyl (C=O) groups excluding carboxylic acids is 2. The smallest absolute Gasteiger partial charge is 0.416 e.